The van der Waals surface area contributed by atoms with Gasteiger partial charge in [-0.2, -0.15) is 0 Å². The number of benzene rings is 2. The summed E-state index contributed by atoms with van der Waals surface area (Å²) in [6.07, 6.45) is 4.02. The van der Waals surface area contributed by atoms with Crippen molar-refractivity contribution in [2.45, 2.75) is 138 Å². The first kappa shape index (κ1) is 66.4. The van der Waals surface area contributed by atoms with Crippen molar-refractivity contribution < 1.29 is 50.7 Å². The van der Waals surface area contributed by atoms with Crippen LogP contribution in [-0.4, -0.2) is 97.9 Å². The number of rotatable bonds is 13. The third-order valence-electron chi connectivity index (χ3n) is 15.5. The number of pyridine rings is 2. The van der Waals surface area contributed by atoms with E-state index in [1.807, 2.05) is 27.7 Å². The minimum Gasteiger partial charge on any atom is -0.443 e. The number of carbonyl (C=O) groups excluding carboxylic acids is 3. The third kappa shape index (κ3) is 14.5. The van der Waals surface area contributed by atoms with Gasteiger partial charge in [-0.3, -0.25) is 29.5 Å². The van der Waals surface area contributed by atoms with Gasteiger partial charge in [-0.15, -0.1) is 0 Å². The van der Waals surface area contributed by atoms with Crippen molar-refractivity contribution in [1.29, 1.82) is 0 Å². The number of ether oxygens (including phenoxy) is 2. The molecule has 3 fully saturated rings. The lowest BCUT2D eigenvalue weighted by Crippen LogP contribution is -2.48. The van der Waals surface area contributed by atoms with Gasteiger partial charge in [0.15, 0.2) is 16.2 Å². The Kier molecular flexibility index (Phi) is 19.5. The van der Waals surface area contributed by atoms with Crippen LogP contribution in [0.25, 0.3) is 27.4 Å². The number of fused-ring (bicyclic) bond motifs is 2. The van der Waals surface area contributed by atoms with E-state index in [1.165, 1.54) is 76.0 Å². The monoisotopic (exact) mass is 1330 g/mol. The van der Waals surface area contributed by atoms with E-state index in [4.69, 9.17) is 54.1 Å². The number of carbonyl (C=O) groups is 3. The Bertz CT molecular complexity index is 3470. The standard InChI is InChI=1S/C30H47BFN3O6SSi.C21H17F2N5OS.C8H4FIN2/c1-26(2,3)39-25(37)35(18-38-14-15-43(9,10)11)24-34-29(8,22-17-30(22,42-24)23(33)36)20-16-19(12-13-21(20)32)31-40-27(4,5)28(6,7)41-31;1-20(17-9-21(17,18(24)29)30-19(25)28-20)13-7-11(3-5-14(13)22)8-15(23)16-6-4-12(26-2)10-27-16;1-11-6-2-3-8(12-5-6)7(9)4-10/h12-13,16,22H,14-15,17-18H2,1-11H3,(H2,33,36);3-8,10,17H,9H2,1H3,(H2,24,29)(H2,25,28);2-5H/b;15-8-;7-4-/t22-,29+,30-;17-,20+,21-;/m00./s1. The Hall–Kier alpha value is -6.14. The summed E-state index contributed by atoms with van der Waals surface area (Å²) in [6, 6.07) is 15.7. The second kappa shape index (κ2) is 24.9. The summed E-state index contributed by atoms with van der Waals surface area (Å²) in [6.45, 7) is 37.2. The molecule has 4 aromatic rings. The molecule has 2 aromatic heterocycles. The van der Waals surface area contributed by atoms with Crippen molar-refractivity contribution in [3.63, 3.8) is 0 Å². The molecule has 17 nitrogen and oxygen atoms in total. The normalized spacial score (nSPS) is 25.3. The number of hydrogen-bond acceptors (Lipinski definition) is 14. The summed E-state index contributed by atoms with van der Waals surface area (Å²) < 4.78 is 81.6. The number of halogens is 5. The summed E-state index contributed by atoms with van der Waals surface area (Å²) in [4.78, 5) is 63.2. The van der Waals surface area contributed by atoms with Gasteiger partial charge in [0.25, 0.3) is 0 Å². The lowest BCUT2D eigenvalue weighted by Gasteiger charge is -2.37. The van der Waals surface area contributed by atoms with Crippen LogP contribution < -0.4 is 22.7 Å². The maximum absolute atomic E-state index is 15.8. The molecule has 0 radical (unpaired) electrons. The lowest BCUT2D eigenvalue weighted by atomic mass is 9.75. The largest absolute Gasteiger partial charge is 0.494 e. The van der Waals surface area contributed by atoms with Crippen LogP contribution in [0.2, 0.25) is 25.7 Å². The van der Waals surface area contributed by atoms with Gasteiger partial charge in [-0.25, -0.2) is 36.9 Å². The molecule has 6 N–H and O–H groups in total. The van der Waals surface area contributed by atoms with Crippen LogP contribution in [0.1, 0.15) is 103 Å². The molecule has 85 heavy (non-hydrogen) atoms. The van der Waals surface area contributed by atoms with Crippen LogP contribution >= 0.6 is 46.1 Å². The van der Waals surface area contributed by atoms with E-state index in [1.54, 1.807) is 69.3 Å². The van der Waals surface area contributed by atoms with Gasteiger partial charge >= 0.3 is 13.2 Å². The molecular weight excluding hydrogens is 1270 g/mol. The first-order chi connectivity index (χ1) is 39.5. The van der Waals surface area contributed by atoms with Gasteiger partial charge in [0.2, 0.25) is 23.2 Å². The number of nitrogens with two attached hydrogens (primary N) is 3. The number of thioether (sulfide) groups is 2. The fourth-order valence-corrected chi connectivity index (χ4v) is 13.8. The Morgan fingerprint density at radius 3 is 1.79 bits per heavy atom. The average molecular weight is 1340 g/mol. The Balaban J connectivity index is 0.000000212. The first-order valence-electron chi connectivity index (χ1n) is 27.0. The smallest absolute Gasteiger partial charge is 0.443 e. The predicted molar refractivity (Wildman–Crippen MR) is 338 cm³/mol. The molecule has 0 spiro atoms. The highest BCUT2D eigenvalue weighted by molar-refractivity contribution is 14.1. The van der Waals surface area contributed by atoms with Crippen molar-refractivity contribution >= 4 is 124 Å². The number of aliphatic imine (C=N–C) groups is 2. The molecule has 5 aliphatic rings. The van der Waals surface area contributed by atoms with E-state index in [9.17, 15) is 27.6 Å². The SMILES string of the molecule is CC(C)(C)OC(=O)N(COCC[Si](C)(C)C)C1=N[C@](C)(c2cc(B3OC(C)(C)C(C)(C)O3)ccc2F)[C@@H]2C[C@]2(C(N)=O)S1.[C-]#[N+]c1ccc(/C(F)=C/I)nc1.[C-]#[N+]c1ccc(/C(F)=C/c2ccc(F)c([C@@]3(C)N=C(N)S[C@@]4(C(N)=O)C[C@H]43)c2)nc1. The van der Waals surface area contributed by atoms with Gasteiger partial charge in [0, 0.05) is 54.1 Å². The molecule has 3 amide bonds. The maximum Gasteiger partial charge on any atom is 0.494 e. The Morgan fingerprint density at radius 2 is 1.31 bits per heavy atom. The minimum atomic E-state index is -1.39. The number of amidine groups is 2. The highest BCUT2D eigenvalue weighted by Gasteiger charge is 2.72. The van der Waals surface area contributed by atoms with Crippen LogP contribution in [-0.2, 0) is 39.4 Å². The highest BCUT2D eigenvalue weighted by Crippen LogP contribution is 2.67. The number of hydrogen-bond donors (Lipinski definition) is 3. The van der Waals surface area contributed by atoms with E-state index in [-0.39, 0.29) is 57.2 Å². The van der Waals surface area contributed by atoms with Crippen LogP contribution in [0.5, 0.6) is 0 Å². The van der Waals surface area contributed by atoms with Gasteiger partial charge in [-0.1, -0.05) is 73.5 Å². The zero-order valence-electron chi connectivity index (χ0n) is 49.3. The summed E-state index contributed by atoms with van der Waals surface area (Å²) in [5.41, 5.74) is 15.8. The molecule has 0 unspecified atom stereocenters. The zero-order chi connectivity index (χ0) is 63.0. The van der Waals surface area contributed by atoms with Gasteiger partial charge in [0.05, 0.1) is 46.8 Å². The first-order valence-corrected chi connectivity index (χ1v) is 33.5. The fourth-order valence-electron chi connectivity index (χ4n) is 9.83. The predicted octanol–water partition coefficient (Wildman–Crippen LogP) is 12.3. The lowest BCUT2D eigenvalue weighted by molar-refractivity contribution is -0.119. The van der Waals surface area contributed by atoms with E-state index >= 15 is 4.39 Å². The molecule has 3 aliphatic heterocycles. The van der Waals surface area contributed by atoms with E-state index in [0.717, 1.165) is 29.6 Å². The Labute approximate surface area is 516 Å². The fraction of sp³-hybridized carbons (Fsp3) is 0.441. The van der Waals surface area contributed by atoms with E-state index in [0.29, 0.717) is 41.8 Å². The topological polar surface area (TPSA) is 229 Å². The maximum atomic E-state index is 15.8. The molecular formula is C59H68BF4IN10O7S2Si. The van der Waals surface area contributed by atoms with Crippen LogP contribution in [0, 0.1) is 36.6 Å². The summed E-state index contributed by atoms with van der Waals surface area (Å²) in [5, 5.41) is 0.374. The molecule has 9 rings (SSSR count). The number of nitrogens with zero attached hydrogens (tertiary/aromatic N) is 7. The quantitative estimate of drug-likeness (QED) is 0.0284. The number of amides is 3. The summed E-state index contributed by atoms with van der Waals surface area (Å²) >= 11 is 4.05. The second-order valence-electron chi connectivity index (χ2n) is 24.7. The molecule has 2 aromatic carbocycles. The van der Waals surface area contributed by atoms with Gasteiger partial charge in [0.1, 0.15) is 39.3 Å². The van der Waals surface area contributed by atoms with Crippen molar-refractivity contribution in [2.24, 2.45) is 39.0 Å². The van der Waals surface area contributed by atoms with Crippen LogP contribution in [0.3, 0.4) is 0 Å². The highest BCUT2D eigenvalue weighted by atomic mass is 127. The van der Waals surface area contributed by atoms with E-state index in [2.05, 4.69) is 44.3 Å². The van der Waals surface area contributed by atoms with Crippen LogP contribution in [0.4, 0.5) is 33.7 Å². The Morgan fingerprint density at radius 1 is 0.800 bits per heavy atom. The number of aromatic nitrogens is 2. The van der Waals surface area contributed by atoms with Crippen LogP contribution in [0.15, 0.2) is 87.1 Å². The van der Waals surface area contributed by atoms with Gasteiger partial charge < -0.3 is 36.0 Å². The third-order valence-corrected chi connectivity index (χ3v) is 20.6. The molecule has 450 valence electrons. The second-order valence-corrected chi connectivity index (χ2v) is 33.6. The molecule has 6 atom stereocenters. The molecule has 26 heteroatoms. The average Bonchev–Trinajstić information content (AvgIpc) is 1.56. The molecule has 5 heterocycles. The van der Waals surface area contributed by atoms with Gasteiger partial charge in [-0.05, 0) is 151 Å². The van der Waals surface area contributed by atoms with Crippen molar-refractivity contribution in [2.75, 3.05) is 13.3 Å². The number of primary amides is 2. The zero-order valence-corrected chi connectivity index (χ0v) is 54.1. The molecule has 2 saturated carbocycles. The summed E-state index contributed by atoms with van der Waals surface area (Å²) in [5.74, 6) is -3.75. The van der Waals surface area contributed by atoms with Crippen molar-refractivity contribution in [3.05, 3.63) is 140 Å². The van der Waals surface area contributed by atoms with Crippen molar-refractivity contribution in [1.82, 2.24) is 14.9 Å². The van der Waals surface area contributed by atoms with E-state index < -0.39 is 87.9 Å². The summed E-state index contributed by atoms with van der Waals surface area (Å²) in [7, 11) is -2.11. The van der Waals surface area contributed by atoms with Crippen molar-refractivity contribution in [3.8, 4) is 0 Å². The molecule has 2 aliphatic carbocycles. The molecule has 0 bridgehead atoms. The molecule has 1 saturated heterocycles. The minimum absolute atomic E-state index is 0.0609.